The van der Waals surface area contributed by atoms with Gasteiger partial charge in [0.05, 0.1) is 6.67 Å². The van der Waals surface area contributed by atoms with E-state index in [9.17, 15) is 25.2 Å². The standard InChI is InChI=1S/C7H14N2.F6P/c1-7(2)9-5-4-8(3)6-9;1-7(2,3,4,5)6/h4-5,7H,6H2,1-3H3;/q;-1/p+1. The molecule has 1 aliphatic rings. The molecule has 9 heteroatoms. The average Bonchev–Trinajstić information content (AvgIpc) is 2.27. The molecule has 0 N–H and O–H groups in total. The first-order chi connectivity index (χ1) is 6.65. The molecule has 1 heterocycles. The largest absolute Gasteiger partial charge is 1.00 e. The summed E-state index contributed by atoms with van der Waals surface area (Å²) in [6, 6.07) is 0.631. The Morgan fingerprint density at radius 3 is 1.56 bits per heavy atom. The molecule has 0 bridgehead atoms. The normalized spacial score (nSPS) is 20.4. The molecule has 0 saturated carbocycles. The van der Waals surface area contributed by atoms with Gasteiger partial charge in [-0.05, 0) is 13.8 Å². The average molecular weight is 272 g/mol. The summed E-state index contributed by atoms with van der Waals surface area (Å²) in [5.41, 5.74) is 0. The fourth-order valence-corrected chi connectivity index (χ4v) is 0.887. The topological polar surface area (TPSA) is 6.48 Å². The zero-order chi connectivity index (χ0) is 13.3. The van der Waals surface area contributed by atoms with Crippen LogP contribution in [0, 0.1) is 0 Å². The van der Waals surface area contributed by atoms with Gasteiger partial charge in [-0.25, -0.2) is 0 Å². The summed E-state index contributed by atoms with van der Waals surface area (Å²) in [4.78, 5) is 4.46. The molecule has 0 radical (unpaired) electrons. The molecule has 0 fully saturated rings. The summed E-state index contributed by atoms with van der Waals surface area (Å²) in [6.07, 6.45) is 4.23. The maximum atomic E-state index is 9.87. The Balaban J connectivity index is 0. The van der Waals surface area contributed by atoms with Gasteiger partial charge in [0, 0.05) is 25.5 Å². The first kappa shape index (κ1) is 15.3. The van der Waals surface area contributed by atoms with Crippen molar-refractivity contribution in [3.8, 4) is 0 Å². The van der Waals surface area contributed by atoms with Gasteiger partial charge in [-0.2, -0.15) is 0 Å². The van der Waals surface area contributed by atoms with Gasteiger partial charge < -0.3 is 9.80 Å². The molecular weight excluding hydrogens is 257 g/mol. The van der Waals surface area contributed by atoms with Crippen molar-refractivity contribution in [1.29, 1.82) is 0 Å². The molecule has 0 amide bonds. The second kappa shape index (κ2) is 3.68. The summed E-state index contributed by atoms with van der Waals surface area (Å²) < 4.78 is 59.2. The fraction of sp³-hybridized carbons (Fsp3) is 0.714. The summed E-state index contributed by atoms with van der Waals surface area (Å²) in [5.74, 6) is 0. The second-order valence-corrected chi connectivity index (χ2v) is 5.68. The zero-order valence-corrected chi connectivity index (χ0v) is 9.94. The van der Waals surface area contributed by atoms with Gasteiger partial charge >= 0.3 is 34.4 Å². The molecule has 0 aliphatic carbocycles. The van der Waals surface area contributed by atoms with Crippen LogP contribution in [-0.2, 0) is 0 Å². The summed E-state index contributed by atoms with van der Waals surface area (Å²) in [7, 11) is -8.58. The minimum absolute atomic E-state index is 0. The first-order valence-electron chi connectivity index (χ1n) is 4.36. The van der Waals surface area contributed by atoms with E-state index in [-0.39, 0.29) is 1.43 Å². The van der Waals surface area contributed by atoms with Crippen LogP contribution in [0.1, 0.15) is 15.3 Å². The third kappa shape index (κ3) is 13.4. The summed E-state index contributed by atoms with van der Waals surface area (Å²) in [5, 5.41) is 0. The van der Waals surface area contributed by atoms with Crippen LogP contribution in [-0.4, -0.2) is 29.6 Å². The van der Waals surface area contributed by atoms with E-state index in [1.54, 1.807) is 0 Å². The van der Waals surface area contributed by atoms with Gasteiger partial charge in [0.1, 0.15) is 0 Å². The van der Waals surface area contributed by atoms with Crippen LogP contribution < -0.4 is 0 Å². The number of rotatable bonds is 1. The van der Waals surface area contributed by atoms with Gasteiger partial charge in [0.15, 0.2) is 0 Å². The van der Waals surface area contributed by atoms with Gasteiger partial charge in [-0.15, -0.1) is 0 Å². The SMILES string of the molecule is CC(C)N1C=CN(C)C1.F[P-](F)(F)(F)(F)F.[H+]. The van der Waals surface area contributed by atoms with E-state index >= 15 is 0 Å². The van der Waals surface area contributed by atoms with Crippen molar-refractivity contribution in [1.82, 2.24) is 9.80 Å². The van der Waals surface area contributed by atoms with Crippen molar-refractivity contribution in [2.75, 3.05) is 13.7 Å². The maximum absolute atomic E-state index is 10.7. The minimum Gasteiger partial charge on any atom is 1.00 e. The molecule has 0 spiro atoms. The maximum Gasteiger partial charge on any atom is 1.00 e. The molecule has 0 aromatic carbocycles. The predicted octanol–water partition coefficient (Wildman–Crippen LogP) is 4.57. The van der Waals surface area contributed by atoms with E-state index in [1.807, 2.05) is 0 Å². The summed E-state index contributed by atoms with van der Waals surface area (Å²) >= 11 is 0. The van der Waals surface area contributed by atoms with E-state index in [4.69, 9.17) is 0 Å². The van der Waals surface area contributed by atoms with Crippen molar-refractivity contribution in [3.63, 3.8) is 0 Å². The molecule has 100 valence electrons. The number of hydrogen-bond acceptors (Lipinski definition) is 2. The Hall–Kier alpha value is -0.650. The quantitative estimate of drug-likeness (QED) is 0.509. The van der Waals surface area contributed by atoms with Crippen molar-refractivity contribution in [2.45, 2.75) is 19.9 Å². The minimum atomic E-state index is -10.7. The number of halogens is 6. The van der Waals surface area contributed by atoms with Gasteiger partial charge in [-0.3, -0.25) is 0 Å². The Bertz CT molecular complexity index is 262. The van der Waals surface area contributed by atoms with Gasteiger partial charge in [-0.1, -0.05) is 0 Å². The van der Waals surface area contributed by atoms with Crippen LogP contribution >= 0.6 is 7.81 Å². The van der Waals surface area contributed by atoms with Crippen LogP contribution in [0.2, 0.25) is 0 Å². The fourth-order valence-electron chi connectivity index (χ4n) is 0.887. The molecule has 2 nitrogen and oxygen atoms in total. The van der Waals surface area contributed by atoms with E-state index < -0.39 is 7.81 Å². The van der Waals surface area contributed by atoms with Crippen LogP contribution in [0.4, 0.5) is 25.2 Å². The number of hydrogen-bond donors (Lipinski definition) is 0. The van der Waals surface area contributed by atoms with Crippen LogP contribution in [0.25, 0.3) is 0 Å². The van der Waals surface area contributed by atoms with Gasteiger partial charge in [0.25, 0.3) is 0 Å². The molecule has 0 aromatic rings. The Labute approximate surface area is 91.2 Å². The van der Waals surface area contributed by atoms with Crippen molar-refractivity contribution < 1.29 is 26.6 Å². The third-order valence-electron chi connectivity index (χ3n) is 1.56. The third-order valence-corrected chi connectivity index (χ3v) is 1.56. The van der Waals surface area contributed by atoms with Crippen LogP contribution in [0.15, 0.2) is 12.4 Å². The van der Waals surface area contributed by atoms with Crippen molar-refractivity contribution >= 4 is 7.81 Å². The molecule has 1 aliphatic heterocycles. The Morgan fingerprint density at radius 2 is 1.44 bits per heavy atom. The molecule has 0 unspecified atom stereocenters. The van der Waals surface area contributed by atoms with E-state index in [0.29, 0.717) is 6.04 Å². The summed E-state index contributed by atoms with van der Waals surface area (Å²) in [6.45, 7) is 5.44. The van der Waals surface area contributed by atoms with Gasteiger partial charge in [0.2, 0.25) is 0 Å². The molecule has 1 rings (SSSR count). The Morgan fingerprint density at radius 1 is 1.06 bits per heavy atom. The smallest absolute Gasteiger partial charge is 1.00 e. The van der Waals surface area contributed by atoms with Crippen LogP contribution in [0.3, 0.4) is 0 Å². The van der Waals surface area contributed by atoms with Crippen molar-refractivity contribution in [2.24, 2.45) is 0 Å². The van der Waals surface area contributed by atoms with E-state index in [0.717, 1.165) is 6.67 Å². The zero-order valence-electron chi connectivity index (χ0n) is 10.0. The van der Waals surface area contributed by atoms with Crippen molar-refractivity contribution in [3.05, 3.63) is 12.4 Å². The Kier molecular flexibility index (Phi) is 3.53. The predicted molar refractivity (Wildman–Crippen MR) is 53.4 cm³/mol. The van der Waals surface area contributed by atoms with E-state index in [1.165, 1.54) is 0 Å². The molecule has 0 saturated heterocycles. The first-order valence-corrected chi connectivity index (χ1v) is 6.38. The molecular formula is C7H15F6N2P. The molecule has 0 aromatic heterocycles. The monoisotopic (exact) mass is 272 g/mol. The molecule has 16 heavy (non-hydrogen) atoms. The molecule has 0 atom stereocenters. The number of nitrogens with zero attached hydrogens (tertiary/aromatic N) is 2. The van der Waals surface area contributed by atoms with E-state index in [2.05, 4.69) is 43.1 Å². The van der Waals surface area contributed by atoms with Crippen LogP contribution in [0.5, 0.6) is 0 Å². The second-order valence-electron chi connectivity index (χ2n) is 3.76.